The third-order valence-corrected chi connectivity index (χ3v) is 2.43. The molecule has 0 aliphatic heterocycles. The van der Waals surface area contributed by atoms with Crippen molar-refractivity contribution in [3.8, 4) is 0 Å². The Hall–Kier alpha value is -0.120. The van der Waals surface area contributed by atoms with Gasteiger partial charge in [-0.2, -0.15) is 0 Å². The smallest absolute Gasteiger partial charge is 0.00213 e. The molecule has 0 fully saturated rings. The molecular weight excluding hydrogens is 174 g/mol. The molecule has 0 atom stereocenters. The van der Waals surface area contributed by atoms with Gasteiger partial charge in [-0.3, -0.25) is 0 Å². The fraction of sp³-hybridized carbons (Fsp3) is 1.00. The van der Waals surface area contributed by atoms with Gasteiger partial charge in [-0.15, -0.1) is 0 Å². The lowest BCUT2D eigenvalue weighted by Gasteiger charge is -2.16. The number of hydrogen-bond donors (Lipinski definition) is 2. The fourth-order valence-electron chi connectivity index (χ4n) is 1.48. The molecule has 0 saturated heterocycles. The van der Waals surface area contributed by atoms with Crippen LogP contribution in [-0.4, -0.2) is 52.2 Å². The Morgan fingerprint density at radius 1 is 0.786 bits per heavy atom. The maximum Gasteiger partial charge on any atom is -0.00213 e. The van der Waals surface area contributed by atoms with E-state index in [1.807, 2.05) is 14.1 Å². The third kappa shape index (κ3) is 9.96. The van der Waals surface area contributed by atoms with Crippen molar-refractivity contribution in [2.45, 2.75) is 25.7 Å². The molecule has 0 amide bonds. The molecule has 0 unspecified atom stereocenters. The molecule has 0 radical (unpaired) electrons. The van der Waals surface area contributed by atoms with Gasteiger partial charge in [0.1, 0.15) is 0 Å². The predicted molar refractivity (Wildman–Crippen MR) is 63.8 cm³/mol. The fourth-order valence-corrected chi connectivity index (χ4v) is 1.48. The topological polar surface area (TPSA) is 27.3 Å². The van der Waals surface area contributed by atoms with Gasteiger partial charge in [0.25, 0.3) is 0 Å². The van der Waals surface area contributed by atoms with E-state index < -0.39 is 0 Å². The zero-order valence-electron chi connectivity index (χ0n) is 10.1. The summed E-state index contributed by atoms with van der Waals surface area (Å²) in [6.07, 6.45) is 5.20. The minimum absolute atomic E-state index is 1.15. The molecule has 0 saturated carbocycles. The summed E-state index contributed by atoms with van der Waals surface area (Å²) < 4.78 is 0. The van der Waals surface area contributed by atoms with Crippen LogP contribution >= 0.6 is 0 Å². The van der Waals surface area contributed by atoms with Crippen LogP contribution in [0.2, 0.25) is 0 Å². The Bertz CT molecular complexity index is 94.7. The van der Waals surface area contributed by atoms with Crippen molar-refractivity contribution in [1.29, 1.82) is 0 Å². The van der Waals surface area contributed by atoms with Crippen molar-refractivity contribution in [3.63, 3.8) is 0 Å². The maximum atomic E-state index is 3.17. The average Bonchev–Trinajstić information content (AvgIpc) is 2.19. The van der Waals surface area contributed by atoms with E-state index in [1.165, 1.54) is 38.8 Å². The molecule has 0 heterocycles. The summed E-state index contributed by atoms with van der Waals surface area (Å²) in [5, 5.41) is 6.35. The first-order valence-electron chi connectivity index (χ1n) is 5.79. The average molecular weight is 201 g/mol. The monoisotopic (exact) mass is 201 g/mol. The van der Waals surface area contributed by atoms with Crippen LogP contribution in [0.1, 0.15) is 25.7 Å². The number of nitrogens with zero attached hydrogens (tertiary/aromatic N) is 1. The highest BCUT2D eigenvalue weighted by molar-refractivity contribution is 4.54. The zero-order valence-corrected chi connectivity index (χ0v) is 10.1. The molecule has 2 N–H and O–H groups in total. The van der Waals surface area contributed by atoms with E-state index >= 15 is 0 Å². The Kier molecular flexibility index (Phi) is 10.9. The highest BCUT2D eigenvalue weighted by atomic mass is 15.1. The van der Waals surface area contributed by atoms with Crippen LogP contribution in [0, 0.1) is 0 Å². The Morgan fingerprint density at radius 3 is 1.57 bits per heavy atom. The van der Waals surface area contributed by atoms with Crippen LogP contribution < -0.4 is 10.6 Å². The highest BCUT2D eigenvalue weighted by Crippen LogP contribution is 1.95. The Balaban J connectivity index is 3.07. The van der Waals surface area contributed by atoms with Crippen LogP contribution in [0.4, 0.5) is 0 Å². The first-order valence-corrected chi connectivity index (χ1v) is 5.79. The molecule has 0 aromatic carbocycles. The van der Waals surface area contributed by atoms with Gasteiger partial charge in [0.15, 0.2) is 0 Å². The molecule has 3 nitrogen and oxygen atoms in total. The Labute approximate surface area is 89.2 Å². The van der Waals surface area contributed by atoms with Crippen molar-refractivity contribution in [3.05, 3.63) is 0 Å². The lowest BCUT2D eigenvalue weighted by molar-refractivity contribution is 0.317. The van der Waals surface area contributed by atoms with E-state index in [2.05, 4.69) is 22.6 Å². The standard InChI is InChI=1S/C11H27N3/c1-12-8-4-6-10-14(3)11-7-5-9-13-2/h12-13H,4-11H2,1-3H3. The molecule has 0 rings (SSSR count). The van der Waals surface area contributed by atoms with Crippen molar-refractivity contribution in [2.75, 3.05) is 47.3 Å². The normalized spacial score (nSPS) is 11.1. The van der Waals surface area contributed by atoms with Gasteiger partial charge >= 0.3 is 0 Å². The molecule has 0 aliphatic carbocycles. The number of hydrogen-bond acceptors (Lipinski definition) is 3. The molecule has 3 heteroatoms. The minimum Gasteiger partial charge on any atom is -0.320 e. The van der Waals surface area contributed by atoms with E-state index in [1.54, 1.807) is 0 Å². The summed E-state index contributed by atoms with van der Waals surface area (Å²) in [6.45, 7) is 4.77. The summed E-state index contributed by atoms with van der Waals surface area (Å²) in [7, 11) is 6.25. The minimum atomic E-state index is 1.15. The van der Waals surface area contributed by atoms with Gasteiger partial charge in [-0.1, -0.05) is 0 Å². The van der Waals surface area contributed by atoms with Gasteiger partial charge in [0.05, 0.1) is 0 Å². The van der Waals surface area contributed by atoms with Crippen LogP contribution in [0.5, 0.6) is 0 Å². The van der Waals surface area contributed by atoms with Crippen molar-refractivity contribution < 1.29 is 0 Å². The lowest BCUT2D eigenvalue weighted by Crippen LogP contribution is -2.22. The molecule has 0 spiro atoms. The second-order valence-electron chi connectivity index (χ2n) is 3.92. The molecule has 0 aromatic heterocycles. The SMILES string of the molecule is CNCCCCN(C)CCCCNC. The van der Waals surface area contributed by atoms with Gasteiger partial charge < -0.3 is 15.5 Å². The largest absolute Gasteiger partial charge is 0.320 e. The number of rotatable bonds is 10. The first kappa shape index (κ1) is 13.9. The summed E-state index contributed by atoms with van der Waals surface area (Å²) in [6, 6.07) is 0. The summed E-state index contributed by atoms with van der Waals surface area (Å²) in [5.74, 6) is 0. The second-order valence-corrected chi connectivity index (χ2v) is 3.92. The number of nitrogens with one attached hydrogen (secondary N) is 2. The lowest BCUT2D eigenvalue weighted by atomic mass is 10.2. The Morgan fingerprint density at radius 2 is 1.21 bits per heavy atom. The van der Waals surface area contributed by atoms with Crippen LogP contribution in [0.3, 0.4) is 0 Å². The molecular formula is C11H27N3. The van der Waals surface area contributed by atoms with Gasteiger partial charge in [0, 0.05) is 0 Å². The van der Waals surface area contributed by atoms with E-state index in [9.17, 15) is 0 Å². The van der Waals surface area contributed by atoms with Gasteiger partial charge in [-0.05, 0) is 73.0 Å². The zero-order chi connectivity index (χ0) is 10.6. The van der Waals surface area contributed by atoms with Crippen LogP contribution in [0.25, 0.3) is 0 Å². The molecule has 0 aromatic rings. The molecule has 14 heavy (non-hydrogen) atoms. The maximum absolute atomic E-state index is 3.17. The van der Waals surface area contributed by atoms with Crippen molar-refractivity contribution in [2.24, 2.45) is 0 Å². The summed E-state index contributed by atoms with van der Waals surface area (Å²) >= 11 is 0. The van der Waals surface area contributed by atoms with E-state index in [-0.39, 0.29) is 0 Å². The molecule has 86 valence electrons. The quantitative estimate of drug-likeness (QED) is 0.515. The first-order chi connectivity index (χ1) is 6.81. The molecule has 0 aliphatic rings. The highest BCUT2D eigenvalue weighted by Gasteiger charge is 1.97. The third-order valence-electron chi connectivity index (χ3n) is 2.43. The summed E-state index contributed by atoms with van der Waals surface area (Å²) in [5.41, 5.74) is 0. The van der Waals surface area contributed by atoms with E-state index in [4.69, 9.17) is 0 Å². The number of unbranched alkanes of at least 4 members (excludes halogenated alkanes) is 2. The predicted octanol–water partition coefficient (Wildman–Crippen LogP) is 0.917. The van der Waals surface area contributed by atoms with Gasteiger partial charge in [-0.25, -0.2) is 0 Å². The second kappa shape index (κ2) is 11.0. The van der Waals surface area contributed by atoms with Crippen LogP contribution in [-0.2, 0) is 0 Å². The molecule has 0 bridgehead atoms. The summed E-state index contributed by atoms with van der Waals surface area (Å²) in [4.78, 5) is 2.44. The van der Waals surface area contributed by atoms with Crippen molar-refractivity contribution in [1.82, 2.24) is 15.5 Å². The van der Waals surface area contributed by atoms with E-state index in [0.29, 0.717) is 0 Å². The van der Waals surface area contributed by atoms with E-state index in [0.717, 1.165) is 13.1 Å². The van der Waals surface area contributed by atoms with Gasteiger partial charge in [0.2, 0.25) is 0 Å². The van der Waals surface area contributed by atoms with Crippen LogP contribution in [0.15, 0.2) is 0 Å². The van der Waals surface area contributed by atoms with Crippen molar-refractivity contribution >= 4 is 0 Å².